The molecule has 1 atom stereocenters. The maximum Gasteiger partial charge on any atom is 0.240 e. The number of nitrogens with one attached hydrogen (secondary N) is 1. The molecule has 0 saturated heterocycles. The number of halogens is 1. The van der Waals surface area contributed by atoms with Crippen LogP contribution < -0.4 is 4.72 Å². The van der Waals surface area contributed by atoms with E-state index >= 15 is 0 Å². The van der Waals surface area contributed by atoms with Crippen LogP contribution in [-0.2, 0) is 22.9 Å². The van der Waals surface area contributed by atoms with Gasteiger partial charge in [-0.15, -0.1) is 0 Å². The Labute approximate surface area is 175 Å². The van der Waals surface area contributed by atoms with Crippen molar-refractivity contribution in [3.63, 3.8) is 0 Å². The fraction of sp³-hybridized carbons (Fsp3) is 0.167. The lowest BCUT2D eigenvalue weighted by Gasteiger charge is -2.27. The summed E-state index contributed by atoms with van der Waals surface area (Å²) in [5.41, 5.74) is 2.56. The van der Waals surface area contributed by atoms with Crippen LogP contribution in [0.15, 0.2) is 77.7 Å². The molecule has 0 heterocycles. The molecule has 0 spiro atoms. The molecule has 1 unspecified atom stereocenters. The van der Waals surface area contributed by atoms with Gasteiger partial charge in [0.1, 0.15) is 0 Å². The number of hydrogen-bond donors (Lipinski definition) is 1. The number of hydrogen-bond acceptors (Lipinski definition) is 2. The fourth-order valence-electron chi connectivity index (χ4n) is 4.37. The smallest absolute Gasteiger partial charge is 0.208 e. The summed E-state index contributed by atoms with van der Waals surface area (Å²) in [6.07, 6.45) is 2.33. The van der Waals surface area contributed by atoms with Crippen LogP contribution in [0.2, 0.25) is 5.02 Å². The van der Waals surface area contributed by atoms with Crippen molar-refractivity contribution < 1.29 is 8.42 Å². The van der Waals surface area contributed by atoms with E-state index in [2.05, 4.69) is 47.2 Å². The van der Waals surface area contributed by atoms with Gasteiger partial charge in [-0.1, -0.05) is 66.2 Å². The lowest BCUT2D eigenvalue weighted by atomic mass is 9.84. The number of aryl methyl sites for hydroxylation is 1. The van der Waals surface area contributed by atoms with Gasteiger partial charge in [0.05, 0.1) is 4.90 Å². The van der Waals surface area contributed by atoms with Crippen molar-refractivity contribution >= 4 is 43.2 Å². The van der Waals surface area contributed by atoms with Crippen molar-refractivity contribution in [1.29, 1.82) is 0 Å². The van der Waals surface area contributed by atoms with Crippen LogP contribution in [0, 0.1) is 0 Å². The van der Waals surface area contributed by atoms with E-state index in [1.54, 1.807) is 18.2 Å². The minimum absolute atomic E-state index is 0.136. The highest BCUT2D eigenvalue weighted by atomic mass is 35.5. The summed E-state index contributed by atoms with van der Waals surface area (Å²) in [5, 5.41) is 5.30. The summed E-state index contributed by atoms with van der Waals surface area (Å²) < 4.78 is 28.6. The minimum Gasteiger partial charge on any atom is -0.208 e. The van der Waals surface area contributed by atoms with Crippen molar-refractivity contribution in [2.24, 2.45) is 0 Å². The molecule has 0 radical (unpaired) electrons. The monoisotopic (exact) mass is 421 g/mol. The molecular formula is C24H20ClNO2S. The Hall–Kier alpha value is -2.40. The van der Waals surface area contributed by atoms with E-state index in [4.69, 9.17) is 11.6 Å². The number of benzene rings is 4. The molecule has 0 fully saturated rings. The summed E-state index contributed by atoms with van der Waals surface area (Å²) in [6, 6.07) is 23.4. The van der Waals surface area contributed by atoms with Gasteiger partial charge in [0.25, 0.3) is 0 Å². The molecule has 146 valence electrons. The van der Waals surface area contributed by atoms with Gasteiger partial charge in [0.15, 0.2) is 0 Å². The van der Waals surface area contributed by atoms with Crippen LogP contribution in [0.5, 0.6) is 0 Å². The van der Waals surface area contributed by atoms with Crippen LogP contribution in [0.3, 0.4) is 0 Å². The van der Waals surface area contributed by atoms with E-state index in [1.165, 1.54) is 38.7 Å². The van der Waals surface area contributed by atoms with E-state index in [9.17, 15) is 8.42 Å². The van der Waals surface area contributed by atoms with Crippen LogP contribution >= 0.6 is 11.6 Å². The first-order valence-electron chi connectivity index (χ1n) is 9.71. The summed E-state index contributed by atoms with van der Waals surface area (Å²) in [5.74, 6) is 0. The van der Waals surface area contributed by atoms with Crippen LogP contribution in [0.25, 0.3) is 21.5 Å². The van der Waals surface area contributed by atoms with Crippen molar-refractivity contribution in [1.82, 2.24) is 4.72 Å². The molecule has 0 saturated carbocycles. The average Bonchev–Trinajstić information content (AvgIpc) is 2.73. The molecule has 0 bridgehead atoms. The molecular weight excluding hydrogens is 402 g/mol. The van der Waals surface area contributed by atoms with Gasteiger partial charge in [0, 0.05) is 11.1 Å². The first kappa shape index (κ1) is 18.6. The normalized spacial score (nSPS) is 16.8. The van der Waals surface area contributed by atoms with Gasteiger partial charge in [-0.2, -0.15) is 0 Å². The number of rotatable bonds is 3. The van der Waals surface area contributed by atoms with Crippen molar-refractivity contribution in [2.45, 2.75) is 30.2 Å². The van der Waals surface area contributed by atoms with Gasteiger partial charge < -0.3 is 0 Å². The molecule has 1 N–H and O–H groups in total. The third kappa shape index (κ3) is 3.42. The number of fused-ring (bicyclic) bond motifs is 5. The molecule has 0 aliphatic heterocycles. The standard InChI is InChI=1S/C24H20ClNO2S/c25-18-5-3-6-20(14-18)29(27,28)26-19-11-8-17-10-12-22-21-7-2-1-4-16(21)9-13-23(22)24(17)15-19/h1-7,9-10,12-14,19,26H,8,11,15H2. The third-order valence-corrected chi connectivity index (χ3v) is 7.53. The lowest BCUT2D eigenvalue weighted by molar-refractivity contribution is 0.509. The largest absolute Gasteiger partial charge is 0.240 e. The Balaban J connectivity index is 1.51. The Morgan fingerprint density at radius 3 is 2.55 bits per heavy atom. The second-order valence-electron chi connectivity index (χ2n) is 7.60. The van der Waals surface area contributed by atoms with Crippen LogP contribution in [-0.4, -0.2) is 14.5 Å². The Morgan fingerprint density at radius 1 is 0.862 bits per heavy atom. The zero-order valence-corrected chi connectivity index (χ0v) is 17.3. The molecule has 5 heteroatoms. The first-order valence-corrected chi connectivity index (χ1v) is 11.6. The predicted molar refractivity (Wildman–Crippen MR) is 119 cm³/mol. The van der Waals surface area contributed by atoms with Gasteiger partial charge in [-0.3, -0.25) is 0 Å². The van der Waals surface area contributed by atoms with E-state index in [0.29, 0.717) is 11.4 Å². The van der Waals surface area contributed by atoms with E-state index in [0.717, 1.165) is 12.8 Å². The second kappa shape index (κ2) is 7.13. The fourth-order valence-corrected chi connectivity index (χ4v) is 5.94. The van der Waals surface area contributed by atoms with E-state index < -0.39 is 10.0 Å². The van der Waals surface area contributed by atoms with E-state index in [1.807, 2.05) is 6.07 Å². The second-order valence-corrected chi connectivity index (χ2v) is 9.75. The van der Waals surface area contributed by atoms with Crippen molar-refractivity contribution in [3.05, 3.63) is 88.9 Å². The predicted octanol–water partition coefficient (Wildman–Crippen LogP) is 5.48. The Bertz CT molecular complexity index is 1350. The summed E-state index contributed by atoms with van der Waals surface area (Å²) in [7, 11) is -3.61. The van der Waals surface area contributed by atoms with Gasteiger partial charge in [-0.25, -0.2) is 13.1 Å². The molecule has 1 aliphatic carbocycles. The molecule has 1 aliphatic rings. The number of sulfonamides is 1. The SMILES string of the molecule is O=S(=O)(NC1CCc2ccc3c(ccc4ccccc43)c2C1)c1cccc(Cl)c1. The molecule has 29 heavy (non-hydrogen) atoms. The summed E-state index contributed by atoms with van der Waals surface area (Å²) >= 11 is 5.98. The molecule has 4 aromatic carbocycles. The zero-order valence-electron chi connectivity index (χ0n) is 15.7. The quantitative estimate of drug-likeness (QED) is 0.445. The molecule has 0 aromatic heterocycles. The average molecular weight is 422 g/mol. The van der Waals surface area contributed by atoms with Gasteiger partial charge in [0.2, 0.25) is 10.0 Å². The zero-order chi connectivity index (χ0) is 20.0. The lowest BCUT2D eigenvalue weighted by Crippen LogP contribution is -2.38. The van der Waals surface area contributed by atoms with Crippen LogP contribution in [0.4, 0.5) is 0 Å². The topological polar surface area (TPSA) is 46.2 Å². The molecule has 4 aromatic rings. The Morgan fingerprint density at radius 2 is 1.69 bits per heavy atom. The highest BCUT2D eigenvalue weighted by molar-refractivity contribution is 7.89. The Kier molecular flexibility index (Phi) is 4.58. The first-order chi connectivity index (χ1) is 14.0. The maximum atomic E-state index is 12.8. The van der Waals surface area contributed by atoms with E-state index in [-0.39, 0.29) is 10.9 Å². The molecule has 3 nitrogen and oxygen atoms in total. The molecule has 0 amide bonds. The van der Waals surface area contributed by atoms with Crippen molar-refractivity contribution in [3.8, 4) is 0 Å². The van der Waals surface area contributed by atoms with Gasteiger partial charge in [-0.05, 0) is 70.1 Å². The maximum absolute atomic E-state index is 12.8. The summed E-state index contributed by atoms with van der Waals surface area (Å²) in [6.45, 7) is 0. The van der Waals surface area contributed by atoms with Crippen molar-refractivity contribution in [2.75, 3.05) is 0 Å². The van der Waals surface area contributed by atoms with Crippen LogP contribution in [0.1, 0.15) is 17.5 Å². The highest BCUT2D eigenvalue weighted by Gasteiger charge is 2.25. The van der Waals surface area contributed by atoms with Gasteiger partial charge >= 0.3 is 0 Å². The summed E-state index contributed by atoms with van der Waals surface area (Å²) in [4.78, 5) is 0.208. The third-order valence-electron chi connectivity index (χ3n) is 5.78. The minimum atomic E-state index is -3.61. The highest BCUT2D eigenvalue weighted by Crippen LogP contribution is 2.33. The molecule has 5 rings (SSSR count).